The van der Waals surface area contributed by atoms with E-state index in [1.165, 1.54) is 4.90 Å². The molecular formula is C35H53N7O8. The quantitative estimate of drug-likeness (QED) is 0.113. The molecule has 0 spiro atoms. The molecule has 0 bridgehead atoms. The number of nitrogens with one attached hydrogen (secondary N) is 4. The first-order chi connectivity index (χ1) is 23.7. The minimum absolute atomic E-state index is 0.0890. The highest BCUT2D eigenvalue weighted by atomic mass is 16.6. The van der Waals surface area contributed by atoms with Crippen LogP contribution in [0.25, 0.3) is 0 Å². The molecule has 50 heavy (non-hydrogen) atoms. The fraction of sp³-hybridized carbons (Fsp3) is 0.629. The topological polar surface area (TPSA) is 209 Å². The van der Waals surface area contributed by atoms with Crippen LogP contribution in [-0.4, -0.2) is 89.7 Å². The van der Waals surface area contributed by atoms with E-state index in [9.17, 15) is 33.6 Å². The van der Waals surface area contributed by atoms with Crippen molar-refractivity contribution in [2.45, 2.75) is 97.8 Å². The molecule has 1 aromatic carbocycles. The van der Waals surface area contributed by atoms with Gasteiger partial charge in [0.2, 0.25) is 29.5 Å². The molecule has 0 radical (unpaired) electrons. The van der Waals surface area contributed by atoms with Gasteiger partial charge in [0.05, 0.1) is 0 Å². The second-order valence-corrected chi connectivity index (χ2v) is 13.7. The van der Waals surface area contributed by atoms with Crippen LogP contribution in [0.4, 0.5) is 15.3 Å². The average molecular weight is 700 g/mol. The standard InChI is InChI=1S/C35H53N7O8/c1-22(2)30(40-28(43)10-6-5-7-17-42-29(44)19-24(4)33(42)47)32(46)39-27(9-8-16-37-34(36)48)31(45)38-26-13-11-25(12-14-26)21-50-35(49)41-18-15-23(3)20-41/h11-14,22-24,27,30H,5-10,15-21H2,1-4H3,(H,38,45)(H,39,46)(H,40,43)(H3,36,37,48)/t23?,24?,27-,30-/m0/s1. The molecule has 0 aliphatic carbocycles. The maximum absolute atomic E-state index is 13.4. The number of unbranched alkanes of at least 4 members (excludes halogenated alkanes) is 2. The summed E-state index contributed by atoms with van der Waals surface area (Å²) in [7, 11) is 0. The maximum Gasteiger partial charge on any atom is 0.410 e. The molecule has 2 fully saturated rings. The minimum Gasteiger partial charge on any atom is -0.445 e. The Morgan fingerprint density at radius 3 is 2.28 bits per heavy atom. The molecule has 2 heterocycles. The number of amides is 8. The number of ether oxygens (including phenoxy) is 1. The third-order valence-corrected chi connectivity index (χ3v) is 8.89. The zero-order valence-corrected chi connectivity index (χ0v) is 29.6. The van der Waals surface area contributed by atoms with Crippen molar-refractivity contribution in [3.8, 4) is 0 Å². The van der Waals surface area contributed by atoms with E-state index in [1.807, 2.05) is 0 Å². The fourth-order valence-corrected chi connectivity index (χ4v) is 5.90. The van der Waals surface area contributed by atoms with Crippen LogP contribution >= 0.6 is 0 Å². The number of carbonyl (C=O) groups excluding carboxylic acids is 7. The zero-order chi connectivity index (χ0) is 36.8. The highest BCUT2D eigenvalue weighted by molar-refractivity contribution is 6.03. The molecule has 4 atom stereocenters. The number of likely N-dealkylation sites (tertiary alicyclic amines) is 2. The number of primary amides is 1. The molecule has 0 saturated carbocycles. The number of nitrogens with two attached hydrogens (primary N) is 1. The van der Waals surface area contributed by atoms with Gasteiger partial charge in [0.15, 0.2) is 0 Å². The summed E-state index contributed by atoms with van der Waals surface area (Å²) in [5.41, 5.74) is 6.37. The van der Waals surface area contributed by atoms with Gasteiger partial charge in [-0.25, -0.2) is 9.59 Å². The predicted octanol–water partition coefficient (Wildman–Crippen LogP) is 2.63. The molecule has 0 aromatic heterocycles. The van der Waals surface area contributed by atoms with Crippen molar-refractivity contribution in [2.24, 2.45) is 23.5 Å². The minimum atomic E-state index is -0.988. The van der Waals surface area contributed by atoms with Crippen LogP contribution in [0.15, 0.2) is 24.3 Å². The lowest BCUT2D eigenvalue weighted by Crippen LogP contribution is -2.54. The summed E-state index contributed by atoms with van der Waals surface area (Å²) in [6, 6.07) is 4.21. The summed E-state index contributed by atoms with van der Waals surface area (Å²) >= 11 is 0. The summed E-state index contributed by atoms with van der Waals surface area (Å²) in [5, 5.41) is 10.8. The molecule has 15 heteroatoms. The number of hydrogen-bond donors (Lipinski definition) is 5. The summed E-state index contributed by atoms with van der Waals surface area (Å²) < 4.78 is 5.43. The number of nitrogens with zero attached hydrogens (tertiary/aromatic N) is 2. The molecule has 2 aliphatic heterocycles. The molecule has 15 nitrogen and oxygen atoms in total. The van der Waals surface area contributed by atoms with Crippen molar-refractivity contribution < 1.29 is 38.3 Å². The molecule has 276 valence electrons. The van der Waals surface area contributed by atoms with Crippen LogP contribution in [0.2, 0.25) is 0 Å². The van der Waals surface area contributed by atoms with E-state index < -0.39 is 29.9 Å². The Hall–Kier alpha value is -4.69. The lowest BCUT2D eigenvalue weighted by molar-refractivity contribution is -0.139. The van der Waals surface area contributed by atoms with Crippen LogP contribution in [-0.2, 0) is 35.3 Å². The molecule has 2 aliphatic rings. The summed E-state index contributed by atoms with van der Waals surface area (Å²) in [6.07, 6.45) is 3.24. The fourth-order valence-electron chi connectivity index (χ4n) is 5.90. The maximum atomic E-state index is 13.4. The molecule has 6 N–H and O–H groups in total. The highest BCUT2D eigenvalue weighted by Crippen LogP contribution is 2.20. The van der Waals surface area contributed by atoms with E-state index in [-0.39, 0.29) is 68.1 Å². The second kappa shape index (κ2) is 19.5. The Morgan fingerprint density at radius 2 is 1.68 bits per heavy atom. The monoisotopic (exact) mass is 699 g/mol. The van der Waals surface area contributed by atoms with Gasteiger partial charge in [-0.3, -0.25) is 28.9 Å². The first-order valence-corrected chi connectivity index (χ1v) is 17.5. The number of urea groups is 1. The van der Waals surface area contributed by atoms with Crippen LogP contribution in [0.3, 0.4) is 0 Å². The van der Waals surface area contributed by atoms with Gasteiger partial charge in [0, 0.05) is 50.6 Å². The third kappa shape index (κ3) is 12.6. The van der Waals surface area contributed by atoms with E-state index in [1.54, 1.807) is 49.9 Å². The summed E-state index contributed by atoms with van der Waals surface area (Å²) in [6.45, 7) is 9.37. The third-order valence-electron chi connectivity index (χ3n) is 8.89. The van der Waals surface area contributed by atoms with Gasteiger partial charge >= 0.3 is 12.1 Å². The van der Waals surface area contributed by atoms with Crippen LogP contribution in [0.1, 0.15) is 84.6 Å². The van der Waals surface area contributed by atoms with Crippen molar-refractivity contribution in [3.63, 3.8) is 0 Å². The number of anilines is 1. The molecule has 1 aromatic rings. The number of rotatable bonds is 18. The normalized spacial score (nSPS) is 18.5. The first kappa shape index (κ1) is 39.7. The van der Waals surface area contributed by atoms with E-state index in [0.717, 1.165) is 12.0 Å². The van der Waals surface area contributed by atoms with Gasteiger partial charge in [-0.1, -0.05) is 46.2 Å². The van der Waals surface area contributed by atoms with Gasteiger partial charge in [0.1, 0.15) is 18.7 Å². The number of imide groups is 1. The first-order valence-electron chi connectivity index (χ1n) is 17.5. The van der Waals surface area contributed by atoms with Crippen LogP contribution in [0.5, 0.6) is 0 Å². The van der Waals surface area contributed by atoms with Gasteiger partial charge in [-0.15, -0.1) is 0 Å². The largest absolute Gasteiger partial charge is 0.445 e. The van der Waals surface area contributed by atoms with E-state index >= 15 is 0 Å². The summed E-state index contributed by atoms with van der Waals surface area (Å²) in [5.74, 6) is -1.79. The Labute approximate surface area is 293 Å². The molecule has 3 rings (SSSR count). The molecule has 8 amide bonds. The van der Waals surface area contributed by atoms with Crippen molar-refractivity contribution in [1.82, 2.24) is 25.8 Å². The van der Waals surface area contributed by atoms with Gasteiger partial charge in [0.25, 0.3) is 0 Å². The van der Waals surface area contributed by atoms with E-state index in [2.05, 4.69) is 28.2 Å². The van der Waals surface area contributed by atoms with Gasteiger partial charge < -0.3 is 36.6 Å². The average Bonchev–Trinajstić information content (AvgIpc) is 3.61. The highest BCUT2D eigenvalue weighted by Gasteiger charge is 2.35. The predicted molar refractivity (Wildman–Crippen MR) is 185 cm³/mol. The Kier molecular flexibility index (Phi) is 15.5. The zero-order valence-electron chi connectivity index (χ0n) is 29.6. The van der Waals surface area contributed by atoms with Crippen molar-refractivity contribution in [2.75, 3.05) is 31.5 Å². The van der Waals surface area contributed by atoms with Crippen LogP contribution < -0.4 is 27.0 Å². The van der Waals surface area contributed by atoms with Crippen LogP contribution in [0, 0.1) is 17.8 Å². The van der Waals surface area contributed by atoms with Crippen molar-refractivity contribution in [3.05, 3.63) is 29.8 Å². The van der Waals surface area contributed by atoms with Crippen molar-refractivity contribution >= 4 is 47.3 Å². The number of benzene rings is 1. The number of carbonyl (C=O) groups is 7. The molecular weight excluding hydrogens is 646 g/mol. The van der Waals surface area contributed by atoms with Crippen molar-refractivity contribution in [1.29, 1.82) is 0 Å². The molecule has 2 unspecified atom stereocenters. The van der Waals surface area contributed by atoms with E-state index in [4.69, 9.17) is 10.5 Å². The SMILES string of the molecule is CC1CCN(C(=O)OCc2ccc(NC(=O)[C@H](CCCNC(N)=O)NC(=O)[C@@H](NC(=O)CCCCCN3C(=O)CC(C)C3=O)C(C)C)cc2)C1. The van der Waals surface area contributed by atoms with E-state index in [0.29, 0.717) is 56.9 Å². The lowest BCUT2D eigenvalue weighted by atomic mass is 10.0. The Balaban J connectivity index is 1.51. The Bertz CT molecular complexity index is 1370. The second-order valence-electron chi connectivity index (χ2n) is 13.7. The Morgan fingerprint density at radius 1 is 0.960 bits per heavy atom. The van der Waals surface area contributed by atoms with Gasteiger partial charge in [-0.05, 0) is 61.6 Å². The van der Waals surface area contributed by atoms with Gasteiger partial charge in [-0.2, -0.15) is 0 Å². The number of hydrogen-bond acceptors (Lipinski definition) is 8. The lowest BCUT2D eigenvalue weighted by Gasteiger charge is -2.25. The summed E-state index contributed by atoms with van der Waals surface area (Å²) in [4.78, 5) is 90.0. The molecule has 2 saturated heterocycles. The smallest absolute Gasteiger partial charge is 0.410 e.